The fourth-order valence-electron chi connectivity index (χ4n) is 2.56. The van der Waals surface area contributed by atoms with Crippen LogP contribution in [0.3, 0.4) is 0 Å². The van der Waals surface area contributed by atoms with Crippen molar-refractivity contribution in [1.82, 2.24) is 4.98 Å². The minimum atomic E-state index is 0.441. The van der Waals surface area contributed by atoms with Gasteiger partial charge in [0, 0.05) is 12.2 Å². The van der Waals surface area contributed by atoms with Crippen molar-refractivity contribution in [2.75, 3.05) is 5.32 Å². The predicted molar refractivity (Wildman–Crippen MR) is 68.6 cm³/mol. The normalized spacial score (nSPS) is 18.4. The molecule has 0 bridgehead atoms. The second-order valence-corrected chi connectivity index (χ2v) is 4.87. The van der Waals surface area contributed by atoms with Crippen LogP contribution in [0.1, 0.15) is 44.6 Å². The Bertz CT molecular complexity index is 402. The number of nitrogens with zero attached hydrogens (tertiary/aromatic N) is 2. The quantitative estimate of drug-likeness (QED) is 0.864. The lowest BCUT2D eigenvalue weighted by Gasteiger charge is -2.28. The first-order chi connectivity index (χ1) is 8.29. The summed E-state index contributed by atoms with van der Waals surface area (Å²) < 4.78 is 0. The molecule has 0 saturated heterocycles. The van der Waals surface area contributed by atoms with E-state index < -0.39 is 0 Å². The molecule has 0 radical (unpaired) electrons. The standard InChI is InChI=1S/C14H19N3/c1-11(13-5-3-2-4-6-13)17-14-9-12(10-15)7-8-16-14/h7-9,11,13H,2-6H2,1H3,(H,16,17). The maximum absolute atomic E-state index is 8.84. The zero-order valence-corrected chi connectivity index (χ0v) is 10.3. The van der Waals surface area contributed by atoms with Crippen molar-refractivity contribution in [2.24, 2.45) is 5.92 Å². The van der Waals surface area contributed by atoms with Crippen molar-refractivity contribution in [1.29, 1.82) is 5.26 Å². The molecule has 3 heteroatoms. The van der Waals surface area contributed by atoms with Gasteiger partial charge in [-0.2, -0.15) is 5.26 Å². The van der Waals surface area contributed by atoms with E-state index in [2.05, 4.69) is 23.3 Å². The maximum Gasteiger partial charge on any atom is 0.127 e. The molecule has 0 aromatic carbocycles. The van der Waals surface area contributed by atoms with Gasteiger partial charge in [-0.25, -0.2) is 4.98 Å². The van der Waals surface area contributed by atoms with E-state index in [1.807, 2.05) is 6.07 Å². The Balaban J connectivity index is 1.97. The van der Waals surface area contributed by atoms with Gasteiger partial charge in [0.05, 0.1) is 11.6 Å². The zero-order valence-electron chi connectivity index (χ0n) is 10.3. The summed E-state index contributed by atoms with van der Waals surface area (Å²) in [5.74, 6) is 1.57. The second kappa shape index (κ2) is 5.67. The number of aromatic nitrogens is 1. The van der Waals surface area contributed by atoms with Crippen LogP contribution in [-0.4, -0.2) is 11.0 Å². The van der Waals surface area contributed by atoms with Gasteiger partial charge < -0.3 is 5.32 Å². The number of hydrogen-bond donors (Lipinski definition) is 1. The van der Waals surface area contributed by atoms with E-state index in [-0.39, 0.29) is 0 Å². The highest BCUT2D eigenvalue weighted by Gasteiger charge is 2.19. The van der Waals surface area contributed by atoms with Crippen molar-refractivity contribution in [3.05, 3.63) is 23.9 Å². The minimum Gasteiger partial charge on any atom is -0.367 e. The summed E-state index contributed by atoms with van der Waals surface area (Å²) in [6.45, 7) is 2.22. The lowest BCUT2D eigenvalue weighted by molar-refractivity contribution is 0.328. The molecular weight excluding hydrogens is 210 g/mol. The first kappa shape index (κ1) is 11.9. The van der Waals surface area contributed by atoms with Crippen LogP contribution in [0, 0.1) is 17.2 Å². The molecule has 1 heterocycles. The van der Waals surface area contributed by atoms with Gasteiger partial charge in [0.2, 0.25) is 0 Å². The second-order valence-electron chi connectivity index (χ2n) is 4.87. The number of anilines is 1. The van der Waals surface area contributed by atoms with Gasteiger partial charge in [-0.15, -0.1) is 0 Å². The van der Waals surface area contributed by atoms with Gasteiger partial charge in [-0.3, -0.25) is 0 Å². The van der Waals surface area contributed by atoms with Crippen LogP contribution in [0.25, 0.3) is 0 Å². The average molecular weight is 229 g/mol. The molecular formula is C14H19N3. The van der Waals surface area contributed by atoms with Crippen molar-refractivity contribution in [2.45, 2.75) is 45.1 Å². The summed E-state index contributed by atoms with van der Waals surface area (Å²) in [7, 11) is 0. The smallest absolute Gasteiger partial charge is 0.127 e. The zero-order chi connectivity index (χ0) is 12.1. The van der Waals surface area contributed by atoms with Crippen molar-refractivity contribution >= 4 is 5.82 Å². The lowest BCUT2D eigenvalue weighted by Crippen LogP contribution is -2.28. The molecule has 3 nitrogen and oxygen atoms in total. The first-order valence-corrected chi connectivity index (χ1v) is 6.42. The van der Waals surface area contributed by atoms with Gasteiger partial charge >= 0.3 is 0 Å². The number of rotatable bonds is 3. The molecule has 1 N–H and O–H groups in total. The third-order valence-corrected chi connectivity index (χ3v) is 3.62. The molecule has 0 aliphatic heterocycles. The summed E-state index contributed by atoms with van der Waals surface area (Å²) in [4.78, 5) is 4.26. The molecule has 1 aliphatic rings. The van der Waals surface area contributed by atoms with Crippen LogP contribution < -0.4 is 5.32 Å². The highest BCUT2D eigenvalue weighted by molar-refractivity contribution is 5.43. The number of pyridine rings is 1. The summed E-state index contributed by atoms with van der Waals surface area (Å²) in [5.41, 5.74) is 0.665. The first-order valence-electron chi connectivity index (χ1n) is 6.42. The summed E-state index contributed by atoms with van der Waals surface area (Å²) in [5, 5.41) is 12.3. The molecule has 1 unspecified atom stereocenters. The largest absolute Gasteiger partial charge is 0.367 e. The fraction of sp³-hybridized carbons (Fsp3) is 0.571. The number of hydrogen-bond acceptors (Lipinski definition) is 3. The molecule has 1 aromatic heterocycles. The summed E-state index contributed by atoms with van der Waals surface area (Å²) >= 11 is 0. The summed E-state index contributed by atoms with van der Waals surface area (Å²) in [6, 6.07) is 6.13. The van der Waals surface area contributed by atoms with E-state index in [4.69, 9.17) is 5.26 Å². The summed E-state index contributed by atoms with van der Waals surface area (Å²) in [6.07, 6.45) is 8.39. The van der Waals surface area contributed by atoms with Crippen LogP contribution in [0.4, 0.5) is 5.82 Å². The van der Waals surface area contributed by atoms with Crippen molar-refractivity contribution < 1.29 is 0 Å². The molecule has 2 rings (SSSR count). The predicted octanol–water partition coefficient (Wildman–Crippen LogP) is 3.33. The van der Waals surface area contributed by atoms with Gasteiger partial charge in [0.1, 0.15) is 5.82 Å². The van der Waals surface area contributed by atoms with Crippen molar-refractivity contribution in [3.63, 3.8) is 0 Å². The number of nitrogens with one attached hydrogen (secondary N) is 1. The highest BCUT2D eigenvalue weighted by Crippen LogP contribution is 2.27. The topological polar surface area (TPSA) is 48.7 Å². The van der Waals surface area contributed by atoms with Gasteiger partial charge in [0.15, 0.2) is 0 Å². The van der Waals surface area contributed by atoms with Gasteiger partial charge in [-0.05, 0) is 37.8 Å². The van der Waals surface area contributed by atoms with E-state index in [0.29, 0.717) is 11.6 Å². The highest BCUT2D eigenvalue weighted by atomic mass is 15.0. The third-order valence-electron chi connectivity index (χ3n) is 3.62. The van der Waals surface area contributed by atoms with Gasteiger partial charge in [0.25, 0.3) is 0 Å². The van der Waals surface area contributed by atoms with E-state index in [1.165, 1.54) is 32.1 Å². The Labute approximate surface area is 103 Å². The Hall–Kier alpha value is -1.56. The van der Waals surface area contributed by atoms with E-state index in [1.54, 1.807) is 12.3 Å². The number of nitriles is 1. The molecule has 1 aromatic rings. The van der Waals surface area contributed by atoms with Crippen LogP contribution in [0.15, 0.2) is 18.3 Å². The monoisotopic (exact) mass is 229 g/mol. The molecule has 1 aliphatic carbocycles. The average Bonchev–Trinajstić information content (AvgIpc) is 2.40. The SMILES string of the molecule is CC(Nc1cc(C#N)ccn1)C1CCCCC1. The molecule has 0 amide bonds. The van der Waals surface area contributed by atoms with Gasteiger partial charge in [-0.1, -0.05) is 19.3 Å². The Kier molecular flexibility index (Phi) is 3.98. The molecule has 1 atom stereocenters. The van der Waals surface area contributed by atoms with Crippen LogP contribution in [-0.2, 0) is 0 Å². The molecule has 1 saturated carbocycles. The molecule has 90 valence electrons. The molecule has 1 fully saturated rings. The Morgan fingerprint density at radius 1 is 1.41 bits per heavy atom. The van der Waals surface area contributed by atoms with E-state index in [9.17, 15) is 0 Å². The molecule has 0 spiro atoms. The van der Waals surface area contributed by atoms with E-state index in [0.717, 1.165) is 11.7 Å². The van der Waals surface area contributed by atoms with Crippen LogP contribution in [0.2, 0.25) is 0 Å². The maximum atomic E-state index is 8.84. The Morgan fingerprint density at radius 2 is 2.18 bits per heavy atom. The minimum absolute atomic E-state index is 0.441. The van der Waals surface area contributed by atoms with Crippen LogP contribution in [0.5, 0.6) is 0 Å². The van der Waals surface area contributed by atoms with Crippen LogP contribution >= 0.6 is 0 Å². The van der Waals surface area contributed by atoms with E-state index >= 15 is 0 Å². The molecule has 17 heavy (non-hydrogen) atoms. The Morgan fingerprint density at radius 3 is 2.88 bits per heavy atom. The van der Waals surface area contributed by atoms with Crippen molar-refractivity contribution in [3.8, 4) is 6.07 Å². The lowest BCUT2D eigenvalue weighted by atomic mass is 9.84. The fourth-order valence-corrected chi connectivity index (χ4v) is 2.56. The third kappa shape index (κ3) is 3.20.